The molecule has 1 saturated heterocycles. The summed E-state index contributed by atoms with van der Waals surface area (Å²) in [5.74, 6) is -1.53. The quantitative estimate of drug-likeness (QED) is 0.278. The van der Waals surface area contributed by atoms with Crippen molar-refractivity contribution < 1.29 is 36.2 Å². The first-order valence-corrected chi connectivity index (χ1v) is 12.3. The molecule has 0 saturated carbocycles. The number of anilines is 2. The van der Waals surface area contributed by atoms with E-state index < -0.39 is 57.9 Å². The van der Waals surface area contributed by atoms with E-state index in [2.05, 4.69) is 4.98 Å². The molecule has 2 aromatic carbocycles. The Labute approximate surface area is 228 Å². The van der Waals surface area contributed by atoms with E-state index in [-0.39, 0.29) is 17.3 Å². The topological polar surface area (TPSA) is 86.9 Å². The highest BCUT2D eigenvalue weighted by atomic mass is 19.4. The van der Waals surface area contributed by atoms with E-state index in [0.29, 0.717) is 23.7 Å². The number of nitrogens with zero attached hydrogens (tertiary/aromatic N) is 3. The van der Waals surface area contributed by atoms with E-state index >= 15 is 0 Å². The molecule has 0 bridgehead atoms. The normalized spacial score (nSPS) is 15.8. The Morgan fingerprint density at radius 3 is 2.24 bits per heavy atom. The Bertz CT molecular complexity index is 1680. The minimum absolute atomic E-state index is 0.0104. The van der Waals surface area contributed by atoms with Crippen LogP contribution in [0.3, 0.4) is 0 Å². The van der Waals surface area contributed by atoms with Gasteiger partial charge in [0.25, 0.3) is 5.56 Å². The van der Waals surface area contributed by atoms with E-state index in [1.165, 1.54) is 12.1 Å². The van der Waals surface area contributed by atoms with Crippen molar-refractivity contribution in [2.45, 2.75) is 30.7 Å². The summed E-state index contributed by atoms with van der Waals surface area (Å²) >= 11 is 0. The Kier molecular flexibility index (Phi) is 6.71. The number of nitrogens with one attached hydrogen (secondary N) is 1. The van der Waals surface area contributed by atoms with Gasteiger partial charge in [0.2, 0.25) is 0 Å². The zero-order valence-corrected chi connectivity index (χ0v) is 21.3. The summed E-state index contributed by atoms with van der Waals surface area (Å²) in [6.45, 7) is 2.70. The molecule has 2 aromatic heterocycles. The van der Waals surface area contributed by atoms with Gasteiger partial charge in [0, 0.05) is 42.0 Å². The van der Waals surface area contributed by atoms with Crippen LogP contribution in [0.2, 0.25) is 0 Å². The van der Waals surface area contributed by atoms with Gasteiger partial charge < -0.3 is 15.3 Å². The number of fused-ring (bicyclic) bond motifs is 1. The first-order chi connectivity index (χ1) is 19.2. The zero-order chi connectivity index (χ0) is 29.7. The fourth-order valence-corrected chi connectivity index (χ4v) is 5.01. The van der Waals surface area contributed by atoms with Crippen LogP contribution < -0.4 is 15.8 Å². The van der Waals surface area contributed by atoms with Crippen LogP contribution in [0.4, 0.5) is 37.8 Å². The van der Waals surface area contributed by atoms with Crippen molar-refractivity contribution >= 4 is 23.1 Å². The van der Waals surface area contributed by atoms with Crippen molar-refractivity contribution in [3.8, 4) is 0 Å². The van der Waals surface area contributed by atoms with E-state index in [0.717, 1.165) is 23.8 Å². The van der Waals surface area contributed by atoms with Gasteiger partial charge in [-0.15, -0.1) is 0 Å². The summed E-state index contributed by atoms with van der Waals surface area (Å²) in [7, 11) is 0. The van der Waals surface area contributed by atoms with Gasteiger partial charge in [-0.05, 0) is 23.8 Å². The summed E-state index contributed by atoms with van der Waals surface area (Å²) in [5, 5.41) is 11.5. The van der Waals surface area contributed by atoms with Crippen LogP contribution in [0, 0.1) is 0 Å². The van der Waals surface area contributed by atoms with Gasteiger partial charge in [0.1, 0.15) is 11.5 Å². The number of aromatic nitrogens is 2. The second-order valence-electron chi connectivity index (χ2n) is 10.1. The minimum atomic E-state index is -5.22. The summed E-state index contributed by atoms with van der Waals surface area (Å²) in [6, 6.07) is 12.5. The third-order valence-electron chi connectivity index (χ3n) is 7.07. The molecule has 13 heteroatoms. The maximum atomic E-state index is 14.5. The highest BCUT2D eigenvalue weighted by molar-refractivity contribution is 5.94. The molecular formula is C28H22F6N4O3. The van der Waals surface area contributed by atoms with Gasteiger partial charge in [-0.1, -0.05) is 49.4 Å². The SMILES string of the molecule is CC1(c2ccccc2)CN(c2cc(=O)n3cc(C(F)(F)F)cc(C(Nc4ccccc4C(=O)O)C(F)(F)F)c3n2)C1. The summed E-state index contributed by atoms with van der Waals surface area (Å²) in [5.41, 5.74) is -4.47. The van der Waals surface area contributed by atoms with Crippen LogP contribution in [0.5, 0.6) is 0 Å². The Balaban J connectivity index is 1.65. The number of carbonyl (C=O) groups is 1. The molecule has 7 nitrogen and oxygen atoms in total. The van der Waals surface area contributed by atoms with Crippen molar-refractivity contribution in [1.29, 1.82) is 0 Å². The Hall–Kier alpha value is -4.55. The molecule has 1 unspecified atom stereocenters. The first-order valence-electron chi connectivity index (χ1n) is 12.3. The maximum Gasteiger partial charge on any atom is 0.417 e. The van der Waals surface area contributed by atoms with E-state index in [1.807, 2.05) is 42.6 Å². The lowest BCUT2D eigenvalue weighted by Gasteiger charge is -2.49. The molecule has 0 spiro atoms. The van der Waals surface area contributed by atoms with Crippen LogP contribution in [0.15, 0.2) is 77.7 Å². The Morgan fingerprint density at radius 1 is 1.00 bits per heavy atom. The number of alkyl halides is 6. The highest BCUT2D eigenvalue weighted by Gasteiger charge is 2.45. The maximum absolute atomic E-state index is 14.5. The smallest absolute Gasteiger partial charge is 0.417 e. The van der Waals surface area contributed by atoms with Gasteiger partial charge in [0.15, 0.2) is 6.04 Å². The molecule has 4 aromatic rings. The molecule has 1 atom stereocenters. The van der Waals surface area contributed by atoms with E-state index in [1.54, 1.807) is 4.90 Å². The lowest BCUT2D eigenvalue weighted by atomic mass is 9.75. The monoisotopic (exact) mass is 576 g/mol. The van der Waals surface area contributed by atoms with Crippen molar-refractivity contribution in [3.05, 3.63) is 106 Å². The summed E-state index contributed by atoms with van der Waals surface area (Å²) in [6.07, 6.45) is -9.90. The van der Waals surface area contributed by atoms with Crippen LogP contribution in [-0.2, 0) is 11.6 Å². The highest BCUT2D eigenvalue weighted by Crippen LogP contribution is 2.41. The second-order valence-corrected chi connectivity index (χ2v) is 10.1. The van der Waals surface area contributed by atoms with Crippen LogP contribution in [0.25, 0.3) is 5.65 Å². The second kappa shape index (κ2) is 9.82. The molecule has 2 N–H and O–H groups in total. The van der Waals surface area contributed by atoms with Crippen molar-refractivity contribution in [3.63, 3.8) is 0 Å². The van der Waals surface area contributed by atoms with Crippen LogP contribution in [0.1, 0.15) is 40.0 Å². The van der Waals surface area contributed by atoms with E-state index in [9.17, 15) is 41.0 Å². The fraction of sp³-hybridized carbons (Fsp3) is 0.250. The number of hydrogen-bond donors (Lipinski definition) is 2. The first kappa shape index (κ1) is 28.0. The van der Waals surface area contributed by atoms with Gasteiger partial charge >= 0.3 is 18.3 Å². The number of benzene rings is 2. The van der Waals surface area contributed by atoms with Crippen molar-refractivity contribution in [2.24, 2.45) is 0 Å². The lowest BCUT2D eigenvalue weighted by Crippen LogP contribution is -2.58. The number of carboxylic acid groups (broad SMARTS) is 1. The number of aromatic carboxylic acids is 1. The summed E-state index contributed by atoms with van der Waals surface area (Å²) < 4.78 is 85.2. The molecule has 3 heterocycles. The number of pyridine rings is 1. The molecule has 1 fully saturated rings. The summed E-state index contributed by atoms with van der Waals surface area (Å²) in [4.78, 5) is 30.5. The van der Waals surface area contributed by atoms with Crippen LogP contribution in [-0.4, -0.2) is 39.7 Å². The number of rotatable bonds is 6. The number of carboxylic acids is 1. The predicted molar refractivity (Wildman–Crippen MR) is 138 cm³/mol. The van der Waals surface area contributed by atoms with Gasteiger partial charge in [0.05, 0.1) is 11.1 Å². The molecular weight excluding hydrogens is 554 g/mol. The Morgan fingerprint density at radius 2 is 1.63 bits per heavy atom. The molecule has 0 aliphatic carbocycles. The average Bonchev–Trinajstić information content (AvgIpc) is 2.89. The third-order valence-corrected chi connectivity index (χ3v) is 7.07. The molecule has 1 aliphatic rings. The molecule has 0 amide bonds. The molecule has 1 aliphatic heterocycles. The average molecular weight is 576 g/mol. The molecule has 214 valence electrons. The number of halogens is 6. The largest absolute Gasteiger partial charge is 0.478 e. The fourth-order valence-electron chi connectivity index (χ4n) is 5.01. The number of para-hydroxylation sites is 1. The van der Waals surface area contributed by atoms with Gasteiger partial charge in [-0.25, -0.2) is 9.78 Å². The van der Waals surface area contributed by atoms with Crippen molar-refractivity contribution in [1.82, 2.24) is 9.38 Å². The van der Waals surface area contributed by atoms with Crippen molar-refractivity contribution in [2.75, 3.05) is 23.3 Å². The van der Waals surface area contributed by atoms with Crippen LogP contribution >= 0.6 is 0 Å². The lowest BCUT2D eigenvalue weighted by molar-refractivity contribution is -0.145. The molecule has 41 heavy (non-hydrogen) atoms. The minimum Gasteiger partial charge on any atom is -0.478 e. The zero-order valence-electron chi connectivity index (χ0n) is 21.3. The van der Waals surface area contributed by atoms with E-state index in [4.69, 9.17) is 0 Å². The molecule has 5 rings (SSSR count). The third kappa shape index (κ3) is 5.31. The van der Waals surface area contributed by atoms with Gasteiger partial charge in [-0.3, -0.25) is 9.20 Å². The number of hydrogen-bond acceptors (Lipinski definition) is 5. The predicted octanol–water partition coefficient (Wildman–Crippen LogP) is 5.90. The molecule has 0 radical (unpaired) electrons. The van der Waals surface area contributed by atoms with Gasteiger partial charge in [-0.2, -0.15) is 26.3 Å². The standard InChI is InChI=1S/C28H22F6N4O3/c1-26(16-7-3-2-4-8-16)14-37(15-26)21-12-22(39)38-13-17(27(29,30)31)11-19(24(38)36-21)23(28(32,33)34)35-20-10-6-5-9-18(20)25(40)41/h2-13,23,35H,14-15H2,1H3,(H,40,41).